The van der Waals surface area contributed by atoms with E-state index in [0.717, 1.165) is 16.7 Å². The molecule has 156 valence electrons. The largest absolute Gasteiger partial charge is 0.326 e. The van der Waals surface area contributed by atoms with E-state index in [-0.39, 0.29) is 17.2 Å². The third kappa shape index (κ3) is 5.40. The fourth-order valence-corrected chi connectivity index (χ4v) is 4.49. The number of hydrogen-bond donors (Lipinski definition) is 2. The van der Waals surface area contributed by atoms with Gasteiger partial charge in [-0.15, -0.1) is 0 Å². The molecule has 2 N–H and O–H groups in total. The van der Waals surface area contributed by atoms with E-state index in [0.29, 0.717) is 22.8 Å². The first-order valence-electron chi connectivity index (χ1n) is 9.48. The van der Waals surface area contributed by atoms with Gasteiger partial charge in [0.25, 0.3) is 10.0 Å². The number of carbonyl (C=O) groups excluding carboxylic acids is 1. The second-order valence-corrected chi connectivity index (χ2v) is 9.13. The van der Waals surface area contributed by atoms with Crippen molar-refractivity contribution >= 4 is 38.9 Å². The summed E-state index contributed by atoms with van der Waals surface area (Å²) >= 11 is 6.11. The molecule has 0 unspecified atom stereocenters. The lowest BCUT2D eigenvalue weighted by Gasteiger charge is -2.13. The molecule has 30 heavy (non-hydrogen) atoms. The number of benzene rings is 3. The SMILES string of the molecule is Cc1cccc(C)c1NS(=O)(=O)c1ccc(NC(=O)CCc2ccccc2Cl)cc1. The molecule has 0 aliphatic rings. The van der Waals surface area contributed by atoms with Gasteiger partial charge in [-0.1, -0.05) is 48.0 Å². The summed E-state index contributed by atoms with van der Waals surface area (Å²) in [6.45, 7) is 3.71. The van der Waals surface area contributed by atoms with Gasteiger partial charge in [0.2, 0.25) is 5.91 Å². The molecular weight excluding hydrogens is 420 g/mol. The van der Waals surface area contributed by atoms with E-state index in [9.17, 15) is 13.2 Å². The number of nitrogens with one attached hydrogen (secondary N) is 2. The van der Waals surface area contributed by atoms with Crippen LogP contribution in [0.15, 0.2) is 71.6 Å². The first-order valence-corrected chi connectivity index (χ1v) is 11.3. The maximum Gasteiger partial charge on any atom is 0.261 e. The molecule has 0 heterocycles. The van der Waals surface area contributed by atoms with Crippen LogP contribution in [0, 0.1) is 13.8 Å². The fraction of sp³-hybridized carbons (Fsp3) is 0.174. The van der Waals surface area contributed by atoms with Crippen LogP contribution in [0.2, 0.25) is 5.02 Å². The number of aryl methyl sites for hydroxylation is 3. The number of hydrogen-bond acceptors (Lipinski definition) is 3. The molecule has 0 bridgehead atoms. The molecule has 3 rings (SSSR count). The van der Waals surface area contributed by atoms with Crippen molar-refractivity contribution in [2.24, 2.45) is 0 Å². The summed E-state index contributed by atoms with van der Waals surface area (Å²) in [6.07, 6.45) is 0.801. The van der Waals surface area contributed by atoms with Gasteiger partial charge in [0.15, 0.2) is 0 Å². The molecule has 0 aliphatic heterocycles. The molecule has 0 saturated heterocycles. The zero-order chi connectivity index (χ0) is 21.7. The van der Waals surface area contributed by atoms with Crippen LogP contribution < -0.4 is 10.0 Å². The molecule has 5 nitrogen and oxygen atoms in total. The van der Waals surface area contributed by atoms with Gasteiger partial charge in [0.1, 0.15) is 0 Å². The molecular formula is C23H23ClN2O3S. The van der Waals surface area contributed by atoms with Crippen molar-refractivity contribution in [2.75, 3.05) is 10.0 Å². The van der Waals surface area contributed by atoms with Crippen molar-refractivity contribution < 1.29 is 13.2 Å². The van der Waals surface area contributed by atoms with Gasteiger partial charge >= 0.3 is 0 Å². The Morgan fingerprint density at radius 2 is 1.53 bits per heavy atom. The molecule has 3 aromatic rings. The Balaban J connectivity index is 1.64. The van der Waals surface area contributed by atoms with Crippen molar-refractivity contribution in [1.29, 1.82) is 0 Å². The molecule has 3 aromatic carbocycles. The van der Waals surface area contributed by atoms with Gasteiger partial charge < -0.3 is 5.32 Å². The average molecular weight is 443 g/mol. The predicted octanol–water partition coefficient (Wildman–Crippen LogP) is 5.33. The topological polar surface area (TPSA) is 75.3 Å². The van der Waals surface area contributed by atoms with Gasteiger partial charge in [0, 0.05) is 17.1 Å². The van der Waals surface area contributed by atoms with E-state index >= 15 is 0 Å². The normalized spacial score (nSPS) is 11.2. The standard InChI is InChI=1S/C23H23ClN2O3S/c1-16-6-5-7-17(2)23(16)26-30(28,29)20-13-11-19(12-14-20)25-22(27)15-10-18-8-3-4-9-21(18)24/h3-9,11-14,26H,10,15H2,1-2H3,(H,25,27). The van der Waals surface area contributed by atoms with Crippen LogP contribution in [-0.4, -0.2) is 14.3 Å². The second-order valence-electron chi connectivity index (χ2n) is 7.04. The Hall–Kier alpha value is -2.83. The first kappa shape index (κ1) is 21.9. The van der Waals surface area contributed by atoms with Crippen LogP contribution in [-0.2, 0) is 21.2 Å². The van der Waals surface area contributed by atoms with Gasteiger partial charge in [-0.25, -0.2) is 8.42 Å². The molecule has 0 aliphatic carbocycles. The number of amides is 1. The van der Waals surface area contributed by atoms with Crippen LogP contribution in [0.3, 0.4) is 0 Å². The van der Waals surface area contributed by atoms with Crippen LogP contribution in [0.1, 0.15) is 23.1 Å². The van der Waals surface area contributed by atoms with Crippen molar-refractivity contribution in [1.82, 2.24) is 0 Å². The molecule has 0 fully saturated rings. The quantitative estimate of drug-likeness (QED) is 0.519. The molecule has 0 saturated carbocycles. The maximum atomic E-state index is 12.7. The Morgan fingerprint density at radius 3 is 2.17 bits per heavy atom. The van der Waals surface area contributed by atoms with Gasteiger partial charge in [-0.3, -0.25) is 9.52 Å². The lowest BCUT2D eigenvalue weighted by atomic mass is 10.1. The fourth-order valence-electron chi connectivity index (χ4n) is 3.06. The van der Waals surface area contributed by atoms with Crippen LogP contribution >= 0.6 is 11.6 Å². The minimum Gasteiger partial charge on any atom is -0.326 e. The minimum atomic E-state index is -3.73. The number of sulfonamides is 1. The molecule has 0 atom stereocenters. The molecule has 0 spiro atoms. The van der Waals surface area contributed by atoms with E-state index in [1.165, 1.54) is 12.1 Å². The highest BCUT2D eigenvalue weighted by molar-refractivity contribution is 7.92. The monoisotopic (exact) mass is 442 g/mol. The van der Waals surface area contributed by atoms with Gasteiger partial charge in [0.05, 0.1) is 10.6 Å². The van der Waals surface area contributed by atoms with Crippen molar-refractivity contribution in [2.45, 2.75) is 31.6 Å². The smallest absolute Gasteiger partial charge is 0.261 e. The Kier molecular flexibility index (Phi) is 6.80. The summed E-state index contributed by atoms with van der Waals surface area (Å²) in [5, 5.41) is 3.42. The van der Waals surface area contributed by atoms with Crippen LogP contribution in [0.25, 0.3) is 0 Å². The summed E-state index contributed by atoms with van der Waals surface area (Å²) < 4.78 is 28.1. The van der Waals surface area contributed by atoms with E-state index in [1.54, 1.807) is 18.2 Å². The first-order chi connectivity index (χ1) is 14.3. The lowest BCUT2D eigenvalue weighted by molar-refractivity contribution is -0.116. The van der Waals surface area contributed by atoms with E-state index in [2.05, 4.69) is 10.0 Å². The van der Waals surface area contributed by atoms with Gasteiger partial charge in [-0.05, 0) is 67.3 Å². The number of rotatable bonds is 7. The predicted molar refractivity (Wildman–Crippen MR) is 122 cm³/mol. The summed E-state index contributed by atoms with van der Waals surface area (Å²) in [5.74, 6) is -0.167. The zero-order valence-corrected chi connectivity index (χ0v) is 18.3. The summed E-state index contributed by atoms with van der Waals surface area (Å²) in [5.41, 5.74) is 3.72. The number of para-hydroxylation sites is 1. The molecule has 0 aromatic heterocycles. The highest BCUT2D eigenvalue weighted by Crippen LogP contribution is 2.24. The minimum absolute atomic E-state index is 0.124. The third-order valence-corrected chi connectivity index (χ3v) is 6.48. The second kappa shape index (κ2) is 9.32. The maximum absolute atomic E-state index is 12.7. The molecule has 1 amide bonds. The number of anilines is 2. The Labute approximate surface area is 182 Å². The highest BCUT2D eigenvalue weighted by atomic mass is 35.5. The Morgan fingerprint density at radius 1 is 0.900 bits per heavy atom. The molecule has 7 heteroatoms. The van der Waals surface area contributed by atoms with Gasteiger partial charge in [-0.2, -0.15) is 0 Å². The lowest BCUT2D eigenvalue weighted by Crippen LogP contribution is -2.15. The summed E-state index contributed by atoms with van der Waals surface area (Å²) in [7, 11) is -3.73. The van der Waals surface area contributed by atoms with Crippen LogP contribution in [0.4, 0.5) is 11.4 Å². The van der Waals surface area contributed by atoms with Crippen molar-refractivity contribution in [3.8, 4) is 0 Å². The van der Waals surface area contributed by atoms with Crippen molar-refractivity contribution in [3.63, 3.8) is 0 Å². The summed E-state index contributed by atoms with van der Waals surface area (Å²) in [4.78, 5) is 12.3. The van der Waals surface area contributed by atoms with Crippen LogP contribution in [0.5, 0.6) is 0 Å². The van der Waals surface area contributed by atoms with Crippen molar-refractivity contribution in [3.05, 3.63) is 88.4 Å². The third-order valence-electron chi connectivity index (χ3n) is 4.75. The summed E-state index contributed by atoms with van der Waals surface area (Å²) in [6, 6.07) is 19.1. The molecule has 0 radical (unpaired) electrons. The average Bonchev–Trinajstić information content (AvgIpc) is 2.71. The zero-order valence-electron chi connectivity index (χ0n) is 16.8. The van der Waals surface area contributed by atoms with E-state index < -0.39 is 10.0 Å². The number of carbonyl (C=O) groups is 1. The Bertz CT molecular complexity index is 1140. The van der Waals surface area contributed by atoms with E-state index in [1.807, 2.05) is 50.2 Å². The number of halogens is 1. The van der Waals surface area contributed by atoms with E-state index in [4.69, 9.17) is 11.6 Å². The highest BCUT2D eigenvalue weighted by Gasteiger charge is 2.16.